The quantitative estimate of drug-likeness (QED) is 0.821. The van der Waals surface area contributed by atoms with Gasteiger partial charge in [0.15, 0.2) is 17.2 Å². The Kier molecular flexibility index (Phi) is 3.00. The van der Waals surface area contributed by atoms with E-state index < -0.39 is 11.9 Å². The van der Waals surface area contributed by atoms with Gasteiger partial charge in [0, 0.05) is 18.5 Å². The largest absolute Gasteiger partial charge is 0.476 e. The zero-order valence-corrected chi connectivity index (χ0v) is 9.25. The minimum absolute atomic E-state index is 0.0366. The summed E-state index contributed by atoms with van der Waals surface area (Å²) in [5.41, 5.74) is -0.305. The van der Waals surface area contributed by atoms with Gasteiger partial charge in [0.1, 0.15) is 5.76 Å². The zero-order valence-electron chi connectivity index (χ0n) is 9.25. The number of amides is 1. The predicted octanol–water partition coefficient (Wildman–Crippen LogP) is 0.724. The highest BCUT2D eigenvalue weighted by molar-refractivity contribution is 6.05. The lowest BCUT2D eigenvalue weighted by Crippen LogP contribution is -2.17. The lowest BCUT2D eigenvalue weighted by molar-refractivity contribution is 0.0691. The summed E-state index contributed by atoms with van der Waals surface area (Å²) in [6, 6.07) is 1.42. The van der Waals surface area contributed by atoms with E-state index in [1.165, 1.54) is 18.5 Å². The number of aromatic nitrogens is 3. The Morgan fingerprint density at radius 3 is 2.67 bits per heavy atom. The van der Waals surface area contributed by atoms with Gasteiger partial charge >= 0.3 is 5.97 Å². The van der Waals surface area contributed by atoms with Crippen molar-refractivity contribution in [1.82, 2.24) is 15.1 Å². The smallest absolute Gasteiger partial charge is 0.358 e. The first-order valence-corrected chi connectivity index (χ1v) is 4.87. The molecule has 0 aromatic carbocycles. The van der Waals surface area contributed by atoms with Gasteiger partial charge in [-0.05, 0) is 6.92 Å². The Labute approximate surface area is 101 Å². The maximum Gasteiger partial charge on any atom is 0.358 e. The Bertz CT molecular complexity index is 607. The molecule has 2 aromatic rings. The highest BCUT2D eigenvalue weighted by Crippen LogP contribution is 2.10. The van der Waals surface area contributed by atoms with Crippen molar-refractivity contribution in [2.45, 2.75) is 6.92 Å². The number of rotatable bonds is 3. The number of carboxylic acid groups (broad SMARTS) is 1. The molecule has 18 heavy (non-hydrogen) atoms. The maximum atomic E-state index is 11.7. The number of anilines is 1. The van der Waals surface area contributed by atoms with Crippen LogP contribution in [0.4, 0.5) is 5.82 Å². The fraction of sp³-hybridized carbons (Fsp3) is 0.100. The molecular weight excluding hydrogens is 240 g/mol. The molecule has 0 atom stereocenters. The van der Waals surface area contributed by atoms with E-state index in [4.69, 9.17) is 9.63 Å². The molecule has 0 aliphatic rings. The standard InChI is InChI=1S/C10H8N4O4/c1-5-4-6(14-18-5)9(15)13-8-7(10(16)17)11-2-3-12-8/h2-4H,1H3,(H,16,17)(H,12,13,15). The van der Waals surface area contributed by atoms with E-state index in [1.807, 2.05) is 0 Å². The summed E-state index contributed by atoms with van der Waals surface area (Å²) in [6.45, 7) is 1.63. The Morgan fingerprint density at radius 2 is 2.06 bits per heavy atom. The molecule has 0 saturated heterocycles. The minimum atomic E-state index is -1.28. The summed E-state index contributed by atoms with van der Waals surface area (Å²) in [5.74, 6) is -1.57. The number of carbonyl (C=O) groups is 2. The summed E-state index contributed by atoms with van der Waals surface area (Å²) in [5, 5.41) is 14.7. The third-order valence-electron chi connectivity index (χ3n) is 1.99. The number of carboxylic acids is 1. The van der Waals surface area contributed by atoms with E-state index in [0.29, 0.717) is 5.76 Å². The second kappa shape index (κ2) is 4.62. The topological polar surface area (TPSA) is 118 Å². The molecule has 2 N–H and O–H groups in total. The molecule has 2 aromatic heterocycles. The fourth-order valence-corrected chi connectivity index (χ4v) is 1.23. The van der Waals surface area contributed by atoms with Crippen LogP contribution < -0.4 is 5.32 Å². The van der Waals surface area contributed by atoms with Crippen molar-refractivity contribution >= 4 is 17.7 Å². The summed E-state index contributed by atoms with van der Waals surface area (Å²) in [7, 11) is 0. The molecule has 0 bridgehead atoms. The first-order valence-electron chi connectivity index (χ1n) is 4.87. The van der Waals surface area contributed by atoms with Crippen molar-refractivity contribution in [2.75, 3.05) is 5.32 Å². The molecule has 0 saturated carbocycles. The van der Waals surface area contributed by atoms with Crippen molar-refractivity contribution in [3.8, 4) is 0 Å². The van der Waals surface area contributed by atoms with Gasteiger partial charge in [0.2, 0.25) is 0 Å². The van der Waals surface area contributed by atoms with Crippen LogP contribution in [0.2, 0.25) is 0 Å². The van der Waals surface area contributed by atoms with Crippen molar-refractivity contribution in [1.29, 1.82) is 0 Å². The molecule has 8 heteroatoms. The number of aryl methyl sites for hydroxylation is 1. The number of hydrogen-bond donors (Lipinski definition) is 2. The van der Waals surface area contributed by atoms with E-state index in [-0.39, 0.29) is 17.2 Å². The summed E-state index contributed by atoms with van der Waals surface area (Å²) in [6.07, 6.45) is 2.50. The van der Waals surface area contributed by atoms with E-state index >= 15 is 0 Å². The molecule has 0 spiro atoms. The van der Waals surface area contributed by atoms with Crippen LogP contribution >= 0.6 is 0 Å². The molecule has 0 radical (unpaired) electrons. The normalized spacial score (nSPS) is 10.1. The number of carbonyl (C=O) groups excluding carboxylic acids is 1. The van der Waals surface area contributed by atoms with Gasteiger partial charge in [0.05, 0.1) is 0 Å². The second-order valence-corrected chi connectivity index (χ2v) is 3.34. The number of hydrogen-bond acceptors (Lipinski definition) is 6. The minimum Gasteiger partial charge on any atom is -0.476 e. The Morgan fingerprint density at radius 1 is 1.33 bits per heavy atom. The van der Waals surface area contributed by atoms with Gasteiger partial charge in [-0.25, -0.2) is 14.8 Å². The second-order valence-electron chi connectivity index (χ2n) is 3.34. The van der Waals surface area contributed by atoms with E-state index in [2.05, 4.69) is 20.4 Å². The van der Waals surface area contributed by atoms with Gasteiger partial charge in [-0.2, -0.15) is 0 Å². The van der Waals surface area contributed by atoms with Crippen molar-refractivity contribution < 1.29 is 19.2 Å². The summed E-state index contributed by atoms with van der Waals surface area (Å²) >= 11 is 0. The Balaban J connectivity index is 2.24. The summed E-state index contributed by atoms with van der Waals surface area (Å²) < 4.78 is 4.74. The SMILES string of the molecule is Cc1cc(C(=O)Nc2nccnc2C(=O)O)no1. The van der Waals surface area contributed by atoms with E-state index in [9.17, 15) is 9.59 Å². The van der Waals surface area contributed by atoms with Gasteiger partial charge in [-0.3, -0.25) is 4.79 Å². The monoisotopic (exact) mass is 248 g/mol. The highest BCUT2D eigenvalue weighted by Gasteiger charge is 2.17. The molecule has 0 aliphatic heterocycles. The average Bonchev–Trinajstić information content (AvgIpc) is 2.76. The van der Waals surface area contributed by atoms with Crippen LogP contribution in [0, 0.1) is 6.92 Å². The first kappa shape index (κ1) is 11.7. The van der Waals surface area contributed by atoms with Crippen LogP contribution in [0.5, 0.6) is 0 Å². The zero-order chi connectivity index (χ0) is 13.1. The molecule has 0 fully saturated rings. The highest BCUT2D eigenvalue weighted by atomic mass is 16.5. The Hall–Kier alpha value is -2.77. The first-order chi connectivity index (χ1) is 8.58. The molecule has 92 valence electrons. The maximum absolute atomic E-state index is 11.7. The van der Waals surface area contributed by atoms with Crippen LogP contribution in [0.1, 0.15) is 26.7 Å². The van der Waals surface area contributed by atoms with Crippen LogP contribution in [0.25, 0.3) is 0 Å². The lowest BCUT2D eigenvalue weighted by Gasteiger charge is -2.03. The lowest BCUT2D eigenvalue weighted by atomic mass is 10.3. The van der Waals surface area contributed by atoms with Crippen LogP contribution in [-0.2, 0) is 0 Å². The van der Waals surface area contributed by atoms with Crippen molar-refractivity contribution in [2.24, 2.45) is 0 Å². The number of nitrogens with zero attached hydrogens (tertiary/aromatic N) is 3. The van der Waals surface area contributed by atoms with Gasteiger partial charge in [0.25, 0.3) is 5.91 Å². The third-order valence-corrected chi connectivity index (χ3v) is 1.99. The van der Waals surface area contributed by atoms with Crippen molar-refractivity contribution in [3.05, 3.63) is 35.6 Å². The van der Waals surface area contributed by atoms with Crippen LogP contribution in [0.15, 0.2) is 23.0 Å². The molecule has 2 rings (SSSR count). The molecule has 0 aliphatic carbocycles. The van der Waals surface area contributed by atoms with E-state index in [1.54, 1.807) is 6.92 Å². The number of aromatic carboxylic acids is 1. The van der Waals surface area contributed by atoms with E-state index in [0.717, 1.165) is 0 Å². The molecule has 1 amide bonds. The summed E-state index contributed by atoms with van der Waals surface area (Å²) in [4.78, 5) is 29.9. The molecule has 2 heterocycles. The third kappa shape index (κ3) is 2.32. The van der Waals surface area contributed by atoms with Gasteiger partial charge in [-0.15, -0.1) is 0 Å². The molecule has 0 unspecified atom stereocenters. The molecule has 8 nitrogen and oxygen atoms in total. The van der Waals surface area contributed by atoms with Gasteiger partial charge < -0.3 is 14.9 Å². The fourth-order valence-electron chi connectivity index (χ4n) is 1.23. The average molecular weight is 248 g/mol. The predicted molar refractivity (Wildman–Crippen MR) is 58.2 cm³/mol. The number of nitrogens with one attached hydrogen (secondary N) is 1. The van der Waals surface area contributed by atoms with Crippen LogP contribution in [0.3, 0.4) is 0 Å². The van der Waals surface area contributed by atoms with Gasteiger partial charge in [-0.1, -0.05) is 5.16 Å². The van der Waals surface area contributed by atoms with Crippen LogP contribution in [-0.4, -0.2) is 32.1 Å². The van der Waals surface area contributed by atoms with Crippen molar-refractivity contribution in [3.63, 3.8) is 0 Å². The molecular formula is C10H8N4O4.